The maximum atomic E-state index is 12.4. The molecule has 166 valence electrons. The number of nitro groups is 1. The van der Waals surface area contributed by atoms with Crippen molar-refractivity contribution in [3.63, 3.8) is 0 Å². The monoisotopic (exact) mass is 447 g/mol. The van der Waals surface area contributed by atoms with Crippen LogP contribution in [0.25, 0.3) is 0 Å². The molecule has 31 heavy (non-hydrogen) atoms. The van der Waals surface area contributed by atoms with Crippen LogP contribution in [-0.2, 0) is 16.6 Å². The second kappa shape index (κ2) is 9.90. The van der Waals surface area contributed by atoms with Crippen molar-refractivity contribution in [2.24, 2.45) is 18.9 Å². The Labute approximate surface area is 183 Å². The van der Waals surface area contributed by atoms with Gasteiger partial charge in [0.25, 0.3) is 11.6 Å². The van der Waals surface area contributed by atoms with Crippen molar-refractivity contribution in [1.29, 1.82) is 0 Å². The van der Waals surface area contributed by atoms with E-state index in [2.05, 4.69) is 29.4 Å². The molecule has 1 aliphatic rings. The number of aryl methyl sites for hydroxylation is 1. The zero-order chi connectivity index (χ0) is 22.5. The van der Waals surface area contributed by atoms with Crippen LogP contribution in [-0.4, -0.2) is 44.2 Å². The van der Waals surface area contributed by atoms with Crippen LogP contribution in [0.15, 0.2) is 34.6 Å². The minimum Gasteiger partial charge on any atom is -0.452 e. The van der Waals surface area contributed by atoms with Gasteiger partial charge in [-0.15, -0.1) is 10.2 Å². The van der Waals surface area contributed by atoms with Crippen molar-refractivity contribution in [1.82, 2.24) is 20.1 Å². The summed E-state index contributed by atoms with van der Waals surface area (Å²) in [4.78, 5) is 35.8. The number of carbonyl (C=O) groups is 2. The second-order valence-corrected chi connectivity index (χ2v) is 8.79. The molecular formula is C20H25N5O5S. The lowest BCUT2D eigenvalue weighted by Crippen LogP contribution is -2.45. The van der Waals surface area contributed by atoms with Gasteiger partial charge in [0.2, 0.25) is 0 Å². The molecule has 3 unspecified atom stereocenters. The quantitative estimate of drug-likeness (QED) is 0.390. The van der Waals surface area contributed by atoms with Gasteiger partial charge in [0.15, 0.2) is 11.8 Å². The fourth-order valence-corrected chi connectivity index (χ4v) is 4.44. The zero-order valence-corrected chi connectivity index (χ0v) is 18.4. The van der Waals surface area contributed by atoms with Crippen LogP contribution >= 0.6 is 11.8 Å². The molecule has 3 atom stereocenters. The summed E-state index contributed by atoms with van der Waals surface area (Å²) in [6.07, 6.45) is 4.59. The van der Waals surface area contributed by atoms with Gasteiger partial charge in [-0.05, 0) is 42.2 Å². The molecule has 1 aromatic heterocycles. The third-order valence-corrected chi connectivity index (χ3v) is 6.77. The molecule has 0 spiro atoms. The van der Waals surface area contributed by atoms with Crippen molar-refractivity contribution in [2.45, 2.75) is 49.2 Å². The summed E-state index contributed by atoms with van der Waals surface area (Å²) < 4.78 is 6.71. The van der Waals surface area contributed by atoms with Crippen LogP contribution in [0, 0.1) is 22.0 Å². The first-order valence-corrected chi connectivity index (χ1v) is 10.8. The Hall–Kier alpha value is -2.95. The third kappa shape index (κ3) is 5.60. The highest BCUT2D eigenvalue weighted by Crippen LogP contribution is 2.34. The van der Waals surface area contributed by atoms with Crippen molar-refractivity contribution in [2.75, 3.05) is 6.61 Å². The van der Waals surface area contributed by atoms with E-state index in [9.17, 15) is 19.7 Å². The van der Waals surface area contributed by atoms with Gasteiger partial charge in [0.05, 0.1) is 15.4 Å². The molecule has 1 aliphatic carbocycles. The van der Waals surface area contributed by atoms with Crippen molar-refractivity contribution < 1.29 is 19.2 Å². The number of hydrogen-bond acceptors (Lipinski definition) is 8. The van der Waals surface area contributed by atoms with Gasteiger partial charge in [-0.1, -0.05) is 26.7 Å². The van der Waals surface area contributed by atoms with E-state index in [0.29, 0.717) is 21.9 Å². The summed E-state index contributed by atoms with van der Waals surface area (Å²) in [6.45, 7) is 3.85. The summed E-state index contributed by atoms with van der Waals surface area (Å²) >= 11 is 1.07. The lowest BCUT2D eigenvalue weighted by molar-refractivity contribution is -0.387. The number of nitrogens with zero attached hydrogens (tertiary/aromatic N) is 4. The smallest absolute Gasteiger partial charge is 0.338 e. The Morgan fingerprint density at radius 3 is 2.81 bits per heavy atom. The van der Waals surface area contributed by atoms with E-state index in [1.165, 1.54) is 18.5 Å². The number of nitro benzene ring substituents is 1. The van der Waals surface area contributed by atoms with Crippen LogP contribution in [0.5, 0.6) is 0 Å². The van der Waals surface area contributed by atoms with Crippen molar-refractivity contribution >= 4 is 29.3 Å². The molecule has 2 aromatic rings. The molecular weight excluding hydrogens is 422 g/mol. The Kier molecular flexibility index (Phi) is 7.26. The second-order valence-electron chi connectivity index (χ2n) is 7.78. The molecule has 1 fully saturated rings. The predicted molar refractivity (Wildman–Crippen MR) is 113 cm³/mol. The van der Waals surface area contributed by atoms with Gasteiger partial charge in [0, 0.05) is 19.2 Å². The van der Waals surface area contributed by atoms with E-state index in [1.54, 1.807) is 11.6 Å². The number of esters is 1. The Bertz CT molecular complexity index is 979. The van der Waals surface area contributed by atoms with Crippen LogP contribution in [0.1, 0.15) is 43.5 Å². The largest absolute Gasteiger partial charge is 0.452 e. The normalized spacial score (nSPS) is 20.8. The molecule has 1 amide bonds. The van der Waals surface area contributed by atoms with Crippen LogP contribution < -0.4 is 5.32 Å². The lowest BCUT2D eigenvalue weighted by Gasteiger charge is -2.34. The van der Waals surface area contributed by atoms with Gasteiger partial charge >= 0.3 is 5.97 Å². The predicted octanol–water partition coefficient (Wildman–Crippen LogP) is 2.97. The van der Waals surface area contributed by atoms with Gasteiger partial charge in [-0.3, -0.25) is 14.9 Å². The van der Waals surface area contributed by atoms with Gasteiger partial charge in [0.1, 0.15) is 6.33 Å². The minimum atomic E-state index is -0.793. The number of rotatable bonds is 7. The van der Waals surface area contributed by atoms with Crippen LogP contribution in [0.4, 0.5) is 5.69 Å². The molecule has 0 saturated heterocycles. The summed E-state index contributed by atoms with van der Waals surface area (Å²) in [6, 6.07) is 4.09. The molecule has 1 aromatic carbocycles. The first kappa shape index (κ1) is 22.7. The zero-order valence-electron chi connectivity index (χ0n) is 17.6. The van der Waals surface area contributed by atoms with Gasteiger partial charge in [-0.2, -0.15) is 0 Å². The number of aromatic nitrogens is 3. The lowest BCUT2D eigenvalue weighted by atomic mass is 9.78. The van der Waals surface area contributed by atoms with Crippen LogP contribution in [0.3, 0.4) is 0 Å². The van der Waals surface area contributed by atoms with Crippen LogP contribution in [0.2, 0.25) is 0 Å². The molecule has 0 bridgehead atoms. The maximum Gasteiger partial charge on any atom is 0.338 e. The third-order valence-electron chi connectivity index (χ3n) is 5.65. The topological polar surface area (TPSA) is 129 Å². The number of carbonyl (C=O) groups excluding carboxylic acids is 2. The molecule has 0 radical (unpaired) electrons. The minimum absolute atomic E-state index is 0.00136. The number of hydrogen-bond donors (Lipinski definition) is 1. The molecule has 3 rings (SSSR count). The van der Waals surface area contributed by atoms with E-state index in [4.69, 9.17) is 4.74 Å². The molecule has 1 heterocycles. The Morgan fingerprint density at radius 2 is 2.13 bits per heavy atom. The van der Waals surface area contributed by atoms with Gasteiger partial charge in [-0.25, -0.2) is 4.79 Å². The van der Waals surface area contributed by atoms with E-state index in [-0.39, 0.29) is 23.2 Å². The first-order valence-electron chi connectivity index (χ1n) is 10.0. The average molecular weight is 448 g/mol. The SMILES string of the molecule is CC1CCCC(NC(=O)COC(=O)c2ccc(Sc3nncn3C)c([N+](=O)[O-])c2)C1C. The van der Waals surface area contributed by atoms with E-state index in [0.717, 1.165) is 37.1 Å². The molecule has 10 nitrogen and oxygen atoms in total. The van der Waals surface area contributed by atoms with Gasteiger partial charge < -0.3 is 14.6 Å². The number of benzene rings is 1. The first-order chi connectivity index (χ1) is 14.8. The highest BCUT2D eigenvalue weighted by molar-refractivity contribution is 7.99. The molecule has 1 N–H and O–H groups in total. The van der Waals surface area contributed by atoms with Crippen molar-refractivity contribution in [3.05, 3.63) is 40.2 Å². The number of ether oxygens (including phenoxy) is 1. The average Bonchev–Trinajstić information content (AvgIpc) is 3.14. The van der Waals surface area contributed by atoms with E-state index < -0.39 is 17.5 Å². The Morgan fingerprint density at radius 1 is 1.35 bits per heavy atom. The van der Waals surface area contributed by atoms with E-state index in [1.807, 2.05) is 0 Å². The fraction of sp³-hybridized carbons (Fsp3) is 0.500. The summed E-state index contributed by atoms with van der Waals surface area (Å²) in [5.74, 6) is -0.281. The molecule has 11 heteroatoms. The van der Waals surface area contributed by atoms with Crippen molar-refractivity contribution in [3.8, 4) is 0 Å². The van der Waals surface area contributed by atoms with E-state index >= 15 is 0 Å². The molecule has 0 aliphatic heterocycles. The Balaban J connectivity index is 1.62. The summed E-state index contributed by atoms with van der Waals surface area (Å²) in [5, 5.41) is 22.5. The standard InChI is InChI=1S/C20H25N5O5S/c1-12-5-4-6-15(13(12)2)22-18(26)10-30-19(27)14-7-8-17(16(9-14)25(28)29)31-20-23-21-11-24(20)3/h7-9,11-13,15H,4-6,10H2,1-3H3,(H,22,26). The summed E-state index contributed by atoms with van der Waals surface area (Å²) in [5.41, 5.74) is -0.251. The highest BCUT2D eigenvalue weighted by Gasteiger charge is 2.28. The number of amides is 1. The fourth-order valence-electron chi connectivity index (χ4n) is 3.59. The highest BCUT2D eigenvalue weighted by atomic mass is 32.2. The maximum absolute atomic E-state index is 12.4. The number of nitrogens with one attached hydrogen (secondary N) is 1. The summed E-state index contributed by atoms with van der Waals surface area (Å²) in [7, 11) is 1.72. The molecule has 1 saturated carbocycles.